The smallest absolute Gasteiger partial charge is 0.407 e. The maximum atomic E-state index is 11.4. The molecule has 17 heavy (non-hydrogen) atoms. The van der Waals surface area contributed by atoms with Gasteiger partial charge in [0.05, 0.1) is 6.61 Å². The molecule has 0 saturated carbocycles. The maximum absolute atomic E-state index is 11.4. The highest BCUT2D eigenvalue weighted by Crippen LogP contribution is 2.07. The molecule has 2 amide bonds. The van der Waals surface area contributed by atoms with Crippen molar-refractivity contribution >= 4 is 17.7 Å². The molecule has 0 aliphatic carbocycles. The van der Waals surface area contributed by atoms with E-state index in [1.54, 1.807) is 19.1 Å². The predicted octanol–water partition coefficient (Wildman–Crippen LogP) is 1.68. The van der Waals surface area contributed by atoms with Gasteiger partial charge in [-0.2, -0.15) is 0 Å². The third-order valence-electron chi connectivity index (χ3n) is 2.00. The second-order valence-corrected chi connectivity index (χ2v) is 3.49. The van der Waals surface area contributed by atoms with Crippen molar-refractivity contribution in [2.45, 2.75) is 13.8 Å². The van der Waals surface area contributed by atoms with Gasteiger partial charge in [0, 0.05) is 5.69 Å². The lowest BCUT2D eigenvalue weighted by atomic mass is 10.2. The van der Waals surface area contributed by atoms with Crippen molar-refractivity contribution in [3.05, 3.63) is 29.8 Å². The zero-order valence-electron chi connectivity index (χ0n) is 9.95. The van der Waals surface area contributed by atoms with E-state index in [4.69, 9.17) is 0 Å². The summed E-state index contributed by atoms with van der Waals surface area (Å²) in [4.78, 5) is 22.4. The molecule has 0 aromatic heterocycles. The Morgan fingerprint density at radius 2 is 1.88 bits per heavy atom. The van der Waals surface area contributed by atoms with Crippen LogP contribution in [0.15, 0.2) is 24.3 Å². The lowest BCUT2D eigenvalue weighted by Gasteiger charge is -2.07. The van der Waals surface area contributed by atoms with Crippen LogP contribution >= 0.6 is 0 Å². The van der Waals surface area contributed by atoms with Gasteiger partial charge in [0.1, 0.15) is 6.54 Å². The monoisotopic (exact) mass is 236 g/mol. The first-order chi connectivity index (χ1) is 8.11. The molecule has 1 rings (SSSR count). The summed E-state index contributed by atoms with van der Waals surface area (Å²) in [6.45, 7) is 3.85. The highest BCUT2D eigenvalue weighted by Gasteiger charge is 2.05. The van der Waals surface area contributed by atoms with E-state index in [1.807, 2.05) is 19.1 Å². The summed E-state index contributed by atoms with van der Waals surface area (Å²) in [5, 5.41) is 5.00. The molecule has 92 valence electrons. The van der Waals surface area contributed by atoms with E-state index in [-0.39, 0.29) is 19.1 Å². The van der Waals surface area contributed by atoms with Gasteiger partial charge in [0.25, 0.3) is 0 Å². The lowest BCUT2D eigenvalue weighted by Crippen LogP contribution is -2.33. The Kier molecular flexibility index (Phi) is 5.00. The van der Waals surface area contributed by atoms with Crippen LogP contribution in [0.3, 0.4) is 0 Å². The number of hydrogen-bond acceptors (Lipinski definition) is 3. The van der Waals surface area contributed by atoms with Crippen LogP contribution < -0.4 is 10.6 Å². The zero-order chi connectivity index (χ0) is 12.7. The summed E-state index contributed by atoms with van der Waals surface area (Å²) in [5.74, 6) is -0.290. The molecule has 0 aliphatic heterocycles. The van der Waals surface area contributed by atoms with Crippen LogP contribution in [0.25, 0.3) is 0 Å². The molecule has 1 aromatic rings. The summed E-state index contributed by atoms with van der Waals surface area (Å²) in [6.07, 6.45) is -0.591. The standard InChI is InChI=1S/C12H16N2O3/c1-3-17-12(16)13-8-11(15)14-10-6-4-9(2)5-7-10/h4-7H,3,8H2,1-2H3,(H,13,16)(H,14,15). The molecule has 1 aromatic carbocycles. The summed E-state index contributed by atoms with van der Waals surface area (Å²) in [6, 6.07) is 7.40. The van der Waals surface area contributed by atoms with E-state index in [0.717, 1.165) is 5.56 Å². The minimum Gasteiger partial charge on any atom is -0.450 e. The SMILES string of the molecule is CCOC(=O)NCC(=O)Nc1ccc(C)cc1. The molecule has 0 aliphatic rings. The average molecular weight is 236 g/mol. The summed E-state index contributed by atoms with van der Waals surface area (Å²) >= 11 is 0. The van der Waals surface area contributed by atoms with Crippen molar-refractivity contribution in [1.82, 2.24) is 5.32 Å². The highest BCUT2D eigenvalue weighted by molar-refractivity contribution is 5.93. The molecular formula is C12H16N2O3. The number of carbonyl (C=O) groups is 2. The highest BCUT2D eigenvalue weighted by atomic mass is 16.5. The number of benzene rings is 1. The van der Waals surface area contributed by atoms with Crippen molar-refractivity contribution in [1.29, 1.82) is 0 Å². The van der Waals surface area contributed by atoms with Crippen molar-refractivity contribution < 1.29 is 14.3 Å². The molecule has 0 fully saturated rings. The lowest BCUT2D eigenvalue weighted by molar-refractivity contribution is -0.115. The van der Waals surface area contributed by atoms with Gasteiger partial charge in [-0.25, -0.2) is 4.79 Å². The fourth-order valence-electron chi connectivity index (χ4n) is 1.18. The molecule has 5 nitrogen and oxygen atoms in total. The van der Waals surface area contributed by atoms with Gasteiger partial charge in [0.15, 0.2) is 0 Å². The van der Waals surface area contributed by atoms with Gasteiger partial charge in [-0.05, 0) is 26.0 Å². The molecule has 0 bridgehead atoms. The third kappa shape index (κ3) is 5.01. The van der Waals surface area contributed by atoms with Crippen molar-refractivity contribution in [2.24, 2.45) is 0 Å². The topological polar surface area (TPSA) is 67.4 Å². The molecule has 0 saturated heterocycles. The maximum Gasteiger partial charge on any atom is 0.407 e. The Morgan fingerprint density at radius 3 is 2.47 bits per heavy atom. The predicted molar refractivity (Wildman–Crippen MR) is 64.8 cm³/mol. The van der Waals surface area contributed by atoms with E-state index in [1.165, 1.54) is 0 Å². The van der Waals surface area contributed by atoms with Crippen molar-refractivity contribution in [3.8, 4) is 0 Å². The van der Waals surface area contributed by atoms with Gasteiger partial charge in [-0.1, -0.05) is 17.7 Å². The largest absolute Gasteiger partial charge is 0.450 e. The van der Waals surface area contributed by atoms with Crippen LogP contribution in [0.2, 0.25) is 0 Å². The first-order valence-corrected chi connectivity index (χ1v) is 5.39. The number of ether oxygens (including phenoxy) is 1. The second kappa shape index (κ2) is 6.52. The van der Waals surface area contributed by atoms with Crippen LogP contribution in [-0.4, -0.2) is 25.2 Å². The molecule has 2 N–H and O–H groups in total. The van der Waals surface area contributed by atoms with Crippen molar-refractivity contribution in [3.63, 3.8) is 0 Å². The fourth-order valence-corrected chi connectivity index (χ4v) is 1.18. The number of amides is 2. The minimum atomic E-state index is -0.591. The minimum absolute atomic E-state index is 0.104. The molecule has 0 spiro atoms. The Hall–Kier alpha value is -2.04. The Morgan fingerprint density at radius 1 is 1.24 bits per heavy atom. The van der Waals surface area contributed by atoms with E-state index >= 15 is 0 Å². The molecule has 0 radical (unpaired) electrons. The normalized spacial score (nSPS) is 9.53. The van der Waals surface area contributed by atoms with Crippen molar-refractivity contribution in [2.75, 3.05) is 18.5 Å². The van der Waals surface area contributed by atoms with Gasteiger partial charge >= 0.3 is 6.09 Å². The summed E-state index contributed by atoms with van der Waals surface area (Å²) in [7, 11) is 0. The second-order valence-electron chi connectivity index (χ2n) is 3.49. The van der Waals surface area contributed by atoms with E-state index in [2.05, 4.69) is 15.4 Å². The number of rotatable bonds is 4. The molecule has 5 heteroatoms. The number of alkyl carbamates (subject to hydrolysis) is 1. The Bertz CT molecular complexity index is 387. The van der Waals surface area contributed by atoms with E-state index in [0.29, 0.717) is 5.69 Å². The van der Waals surface area contributed by atoms with E-state index in [9.17, 15) is 9.59 Å². The molecular weight excluding hydrogens is 220 g/mol. The van der Waals surface area contributed by atoms with Crippen LogP contribution in [0.5, 0.6) is 0 Å². The number of hydrogen-bond donors (Lipinski definition) is 2. The van der Waals surface area contributed by atoms with Gasteiger partial charge in [-0.15, -0.1) is 0 Å². The first-order valence-electron chi connectivity index (χ1n) is 5.39. The van der Waals surface area contributed by atoms with Gasteiger partial charge in [-0.3, -0.25) is 4.79 Å². The first kappa shape index (κ1) is 13.0. The van der Waals surface area contributed by atoms with Gasteiger partial charge < -0.3 is 15.4 Å². The quantitative estimate of drug-likeness (QED) is 0.835. The number of nitrogens with one attached hydrogen (secondary N) is 2. The van der Waals surface area contributed by atoms with Crippen LogP contribution in [0.4, 0.5) is 10.5 Å². The number of carbonyl (C=O) groups excluding carboxylic acids is 2. The average Bonchev–Trinajstić information content (AvgIpc) is 2.30. The number of anilines is 1. The van der Waals surface area contributed by atoms with Crippen LogP contribution in [0.1, 0.15) is 12.5 Å². The Balaban J connectivity index is 2.34. The molecule has 0 atom stereocenters. The van der Waals surface area contributed by atoms with Crippen LogP contribution in [-0.2, 0) is 9.53 Å². The molecule has 0 heterocycles. The molecule has 0 unspecified atom stereocenters. The summed E-state index contributed by atoms with van der Waals surface area (Å²) in [5.41, 5.74) is 1.82. The van der Waals surface area contributed by atoms with Gasteiger partial charge in [0.2, 0.25) is 5.91 Å². The fraction of sp³-hybridized carbons (Fsp3) is 0.333. The number of aryl methyl sites for hydroxylation is 1. The third-order valence-corrected chi connectivity index (χ3v) is 2.00. The Labute approximate surface area is 100 Å². The van der Waals surface area contributed by atoms with Crippen LogP contribution in [0, 0.1) is 6.92 Å². The van der Waals surface area contributed by atoms with E-state index < -0.39 is 6.09 Å². The zero-order valence-corrected chi connectivity index (χ0v) is 9.95. The summed E-state index contributed by atoms with van der Waals surface area (Å²) < 4.78 is 4.63.